The van der Waals surface area contributed by atoms with Crippen LogP contribution >= 0.6 is 0 Å². The van der Waals surface area contributed by atoms with Crippen LogP contribution in [0.5, 0.6) is 0 Å². The Morgan fingerprint density at radius 2 is 1.67 bits per heavy atom. The summed E-state index contributed by atoms with van der Waals surface area (Å²) in [5.41, 5.74) is 0.131. The van der Waals surface area contributed by atoms with Crippen LogP contribution < -0.4 is 4.90 Å². The van der Waals surface area contributed by atoms with Crippen molar-refractivity contribution in [3.8, 4) is 0 Å². The SMILES string of the molecule is CC[NH+](CC)CCN1C(=O)C(=O)/C(=C(/O)c2ccc(F)cc2)[C@@H]1c1ccccc1F. The van der Waals surface area contributed by atoms with Gasteiger partial charge in [-0.15, -0.1) is 0 Å². The Balaban J connectivity index is 2.11. The van der Waals surface area contributed by atoms with Gasteiger partial charge in [-0.25, -0.2) is 8.78 Å². The Labute approximate surface area is 174 Å². The highest BCUT2D eigenvalue weighted by Gasteiger charge is 2.47. The monoisotopic (exact) mass is 415 g/mol. The minimum atomic E-state index is -1.05. The van der Waals surface area contributed by atoms with E-state index in [4.69, 9.17) is 0 Å². The molecule has 5 nitrogen and oxygen atoms in total. The van der Waals surface area contributed by atoms with E-state index in [-0.39, 0.29) is 23.2 Å². The standard InChI is InChI=1S/C23H24F2N2O3/c1-3-26(4-2)13-14-27-20(17-7-5-6-8-18(17)25)19(22(29)23(27)30)21(28)15-9-11-16(24)12-10-15/h5-12,20,28H,3-4,13-14H2,1-2H3/p+1/b21-19+/t20-/m0/s1. The van der Waals surface area contributed by atoms with Crippen LogP contribution in [0, 0.1) is 11.6 Å². The number of aliphatic hydroxyl groups excluding tert-OH is 1. The number of nitrogens with zero attached hydrogens (tertiary/aromatic N) is 1. The molecule has 0 unspecified atom stereocenters. The number of aliphatic hydroxyl groups is 1. The average molecular weight is 415 g/mol. The van der Waals surface area contributed by atoms with E-state index in [1.807, 2.05) is 13.8 Å². The Hall–Kier alpha value is -3.06. The topological polar surface area (TPSA) is 62.0 Å². The summed E-state index contributed by atoms with van der Waals surface area (Å²) in [6, 6.07) is 9.76. The predicted octanol–water partition coefficient (Wildman–Crippen LogP) is 2.31. The molecule has 1 fully saturated rings. The summed E-state index contributed by atoms with van der Waals surface area (Å²) in [6.07, 6.45) is 0. The molecule has 158 valence electrons. The summed E-state index contributed by atoms with van der Waals surface area (Å²) < 4.78 is 28.0. The molecule has 1 aliphatic heterocycles. The van der Waals surface area contributed by atoms with E-state index in [2.05, 4.69) is 0 Å². The van der Waals surface area contributed by atoms with Crippen molar-refractivity contribution in [1.82, 2.24) is 4.90 Å². The van der Waals surface area contributed by atoms with Gasteiger partial charge in [0.05, 0.1) is 37.8 Å². The Bertz CT molecular complexity index is 969. The summed E-state index contributed by atoms with van der Waals surface area (Å²) in [4.78, 5) is 28.2. The second-order valence-corrected chi connectivity index (χ2v) is 7.23. The molecule has 0 bridgehead atoms. The minimum Gasteiger partial charge on any atom is -0.507 e. The zero-order chi connectivity index (χ0) is 21.8. The molecule has 1 amide bonds. The smallest absolute Gasteiger partial charge is 0.295 e. The van der Waals surface area contributed by atoms with Gasteiger partial charge in [-0.2, -0.15) is 0 Å². The molecule has 2 aromatic carbocycles. The first kappa shape index (κ1) is 21.6. The van der Waals surface area contributed by atoms with Crippen LogP contribution in [-0.2, 0) is 9.59 Å². The van der Waals surface area contributed by atoms with E-state index < -0.39 is 35.1 Å². The van der Waals surface area contributed by atoms with Gasteiger partial charge in [-0.1, -0.05) is 18.2 Å². The number of halogens is 2. The number of hydrogen-bond donors (Lipinski definition) is 2. The molecule has 2 aromatic rings. The molecule has 1 heterocycles. The van der Waals surface area contributed by atoms with Crippen LogP contribution in [0.2, 0.25) is 0 Å². The second kappa shape index (κ2) is 9.17. The lowest BCUT2D eigenvalue weighted by molar-refractivity contribution is -0.895. The number of nitrogens with one attached hydrogen (secondary N) is 1. The van der Waals surface area contributed by atoms with Crippen LogP contribution in [0.4, 0.5) is 8.78 Å². The van der Waals surface area contributed by atoms with Crippen LogP contribution in [-0.4, -0.2) is 47.9 Å². The van der Waals surface area contributed by atoms with Crippen molar-refractivity contribution in [2.24, 2.45) is 0 Å². The quantitative estimate of drug-likeness (QED) is 0.415. The number of carbonyl (C=O) groups excluding carboxylic acids is 2. The van der Waals surface area contributed by atoms with E-state index in [1.165, 1.54) is 40.1 Å². The van der Waals surface area contributed by atoms with Crippen molar-refractivity contribution in [2.75, 3.05) is 26.2 Å². The zero-order valence-electron chi connectivity index (χ0n) is 17.0. The molecule has 3 rings (SSSR count). The third-order valence-corrected chi connectivity index (χ3v) is 5.56. The number of hydrogen-bond acceptors (Lipinski definition) is 3. The summed E-state index contributed by atoms with van der Waals surface area (Å²) >= 11 is 0. The fourth-order valence-electron chi connectivity index (χ4n) is 3.78. The number of Topliss-reactive ketones (excluding diaryl/α,β-unsaturated/α-hetero) is 1. The lowest BCUT2D eigenvalue weighted by Crippen LogP contribution is -3.12. The maximum absolute atomic E-state index is 14.7. The minimum absolute atomic E-state index is 0.134. The third kappa shape index (κ3) is 4.11. The highest BCUT2D eigenvalue weighted by Crippen LogP contribution is 2.39. The molecule has 1 saturated heterocycles. The van der Waals surface area contributed by atoms with E-state index in [0.29, 0.717) is 6.54 Å². The number of amides is 1. The molecule has 2 N–H and O–H groups in total. The van der Waals surface area contributed by atoms with Gasteiger partial charge in [-0.05, 0) is 44.2 Å². The molecule has 0 aliphatic carbocycles. The molecule has 0 radical (unpaired) electrons. The van der Waals surface area contributed by atoms with Crippen molar-refractivity contribution in [3.63, 3.8) is 0 Å². The number of benzene rings is 2. The van der Waals surface area contributed by atoms with Gasteiger partial charge >= 0.3 is 0 Å². The lowest BCUT2D eigenvalue weighted by Gasteiger charge is -2.27. The van der Waals surface area contributed by atoms with E-state index >= 15 is 0 Å². The van der Waals surface area contributed by atoms with Crippen molar-refractivity contribution in [1.29, 1.82) is 0 Å². The largest absolute Gasteiger partial charge is 0.507 e. The molecule has 30 heavy (non-hydrogen) atoms. The Morgan fingerprint density at radius 3 is 2.27 bits per heavy atom. The van der Waals surface area contributed by atoms with Crippen molar-refractivity contribution >= 4 is 17.4 Å². The second-order valence-electron chi connectivity index (χ2n) is 7.23. The van der Waals surface area contributed by atoms with E-state index in [1.54, 1.807) is 6.07 Å². The number of likely N-dealkylation sites (tertiary alicyclic amines) is 1. The highest BCUT2D eigenvalue weighted by molar-refractivity contribution is 6.46. The first-order valence-corrected chi connectivity index (χ1v) is 10.0. The van der Waals surface area contributed by atoms with E-state index in [0.717, 1.165) is 25.2 Å². The summed E-state index contributed by atoms with van der Waals surface area (Å²) in [5, 5.41) is 10.8. The van der Waals surface area contributed by atoms with Crippen LogP contribution in [0.1, 0.15) is 31.0 Å². The maximum Gasteiger partial charge on any atom is 0.295 e. The van der Waals surface area contributed by atoms with Gasteiger partial charge in [0.15, 0.2) is 0 Å². The van der Waals surface area contributed by atoms with Gasteiger partial charge in [0.25, 0.3) is 11.7 Å². The fraction of sp³-hybridized carbons (Fsp3) is 0.304. The predicted molar refractivity (Wildman–Crippen MR) is 109 cm³/mol. The van der Waals surface area contributed by atoms with Crippen molar-refractivity contribution in [2.45, 2.75) is 19.9 Å². The van der Waals surface area contributed by atoms with Crippen molar-refractivity contribution < 1.29 is 28.4 Å². The van der Waals surface area contributed by atoms with Crippen LogP contribution in [0.25, 0.3) is 5.76 Å². The van der Waals surface area contributed by atoms with E-state index in [9.17, 15) is 23.5 Å². The van der Waals surface area contributed by atoms with Gasteiger partial charge in [-0.3, -0.25) is 9.59 Å². The van der Waals surface area contributed by atoms with Gasteiger partial charge in [0, 0.05) is 11.1 Å². The molecule has 7 heteroatoms. The highest BCUT2D eigenvalue weighted by atomic mass is 19.1. The lowest BCUT2D eigenvalue weighted by atomic mass is 9.95. The zero-order valence-corrected chi connectivity index (χ0v) is 17.0. The van der Waals surface area contributed by atoms with Gasteiger partial charge < -0.3 is 14.9 Å². The fourth-order valence-corrected chi connectivity index (χ4v) is 3.78. The number of quaternary nitrogens is 1. The van der Waals surface area contributed by atoms with Gasteiger partial charge in [0.2, 0.25) is 0 Å². The molecule has 1 aliphatic rings. The normalized spacial score (nSPS) is 18.4. The average Bonchev–Trinajstić information content (AvgIpc) is 2.99. The summed E-state index contributed by atoms with van der Waals surface area (Å²) in [5.74, 6) is -3.17. The first-order valence-electron chi connectivity index (χ1n) is 10.0. The summed E-state index contributed by atoms with van der Waals surface area (Å²) in [6.45, 7) is 6.56. The van der Waals surface area contributed by atoms with Crippen LogP contribution in [0.3, 0.4) is 0 Å². The number of rotatable bonds is 7. The van der Waals surface area contributed by atoms with Gasteiger partial charge in [0.1, 0.15) is 17.4 Å². The molecular weight excluding hydrogens is 390 g/mol. The number of carbonyl (C=O) groups is 2. The molecule has 0 spiro atoms. The first-order chi connectivity index (χ1) is 14.4. The Kier molecular flexibility index (Phi) is 6.62. The maximum atomic E-state index is 14.7. The molecular formula is C23H25F2N2O3+. The number of likely N-dealkylation sites (N-methyl/N-ethyl adjacent to an activating group) is 1. The molecule has 1 atom stereocenters. The molecule has 0 aromatic heterocycles. The Morgan fingerprint density at radius 1 is 1.03 bits per heavy atom. The molecule has 0 saturated carbocycles. The number of ketones is 1. The summed E-state index contributed by atoms with van der Waals surface area (Å²) in [7, 11) is 0. The third-order valence-electron chi connectivity index (χ3n) is 5.56. The van der Waals surface area contributed by atoms with Crippen LogP contribution in [0.15, 0.2) is 54.1 Å². The van der Waals surface area contributed by atoms with Crippen molar-refractivity contribution in [3.05, 3.63) is 76.9 Å².